The van der Waals surface area contributed by atoms with Crippen LogP contribution in [0, 0.1) is 3.57 Å². The molecule has 0 heterocycles. The second-order valence-electron chi connectivity index (χ2n) is 6.39. The van der Waals surface area contributed by atoms with Gasteiger partial charge in [-0.1, -0.05) is 42.5 Å². The maximum absolute atomic E-state index is 12.6. The smallest absolute Gasteiger partial charge is 0.344 e. The lowest BCUT2D eigenvalue weighted by Gasteiger charge is -2.10. The quantitative estimate of drug-likeness (QED) is 0.105. The number of carbonyl (C=O) groups excluding carboxylic acids is 1. The Labute approximate surface area is 200 Å². The zero-order valence-corrected chi connectivity index (χ0v) is 20.4. The van der Waals surface area contributed by atoms with Gasteiger partial charge in [-0.25, -0.2) is 4.79 Å². The molecule has 0 aliphatic carbocycles. The summed E-state index contributed by atoms with van der Waals surface area (Å²) in [5.41, 5.74) is 0.544. The second-order valence-corrected chi connectivity index (χ2v) is 10.4. The molecule has 0 aromatic heterocycles. The molecule has 0 bridgehead atoms. The van der Waals surface area contributed by atoms with Crippen molar-refractivity contribution >= 4 is 55.4 Å². The molecular weight excluding hydrogens is 571 g/mol. The van der Waals surface area contributed by atoms with Gasteiger partial charge in [-0.2, -0.15) is 0 Å². The van der Waals surface area contributed by atoms with Gasteiger partial charge in [0.15, 0.2) is 14.7 Å². The topological polar surface area (TPSA) is 26.3 Å². The first-order valence-electron chi connectivity index (χ1n) is 9.24. The third-order valence-electron chi connectivity index (χ3n) is 4.40. The summed E-state index contributed by atoms with van der Waals surface area (Å²) in [4.78, 5) is 16.3. The summed E-state index contributed by atoms with van der Waals surface area (Å²) < 4.78 is 7.34. The van der Waals surface area contributed by atoms with Crippen molar-refractivity contribution in [3.8, 4) is 5.75 Å². The minimum atomic E-state index is -0.362. The Morgan fingerprint density at radius 1 is 0.700 bits per heavy atom. The van der Waals surface area contributed by atoms with E-state index in [-0.39, 0.29) is 16.9 Å². The number of hydrogen-bond donors (Lipinski definition) is 0. The van der Waals surface area contributed by atoms with Crippen molar-refractivity contribution in [2.45, 2.75) is 14.7 Å². The summed E-state index contributed by atoms with van der Waals surface area (Å²) in [6, 6.07) is 34.2. The third kappa shape index (κ3) is 4.79. The van der Waals surface area contributed by atoms with E-state index in [1.165, 1.54) is 14.7 Å². The Hall–Kier alpha value is -2.09. The molecule has 148 valence electrons. The van der Waals surface area contributed by atoms with Crippen molar-refractivity contribution in [1.82, 2.24) is 0 Å². The molecule has 0 amide bonds. The predicted molar refractivity (Wildman–Crippen MR) is 133 cm³/mol. The zero-order chi connectivity index (χ0) is 20.9. The van der Waals surface area contributed by atoms with Crippen molar-refractivity contribution in [1.29, 1.82) is 0 Å². The van der Waals surface area contributed by atoms with E-state index >= 15 is 0 Å². The maximum atomic E-state index is 12.6. The number of carbonyl (C=O) groups is 1. The highest BCUT2D eigenvalue weighted by Crippen LogP contribution is 2.32. The number of rotatable bonds is 5. The fraction of sp³-hybridized carbons (Fsp3) is 0. The van der Waals surface area contributed by atoms with Crippen LogP contribution in [-0.4, -0.2) is 5.97 Å². The summed E-state index contributed by atoms with van der Waals surface area (Å²) in [6.45, 7) is 0. The van der Waals surface area contributed by atoms with Crippen LogP contribution < -0.4 is 4.74 Å². The Morgan fingerprint density at radius 2 is 1.23 bits per heavy atom. The molecule has 5 heteroatoms. The molecule has 4 aromatic rings. The molecule has 0 saturated carbocycles. The average molecular weight is 588 g/mol. The first-order valence-corrected chi connectivity index (χ1v) is 12.3. The van der Waals surface area contributed by atoms with E-state index in [0.29, 0.717) is 11.3 Å². The lowest BCUT2D eigenvalue weighted by atomic mass is 10.2. The van der Waals surface area contributed by atoms with Crippen LogP contribution in [-0.2, 0) is 10.9 Å². The van der Waals surface area contributed by atoms with Gasteiger partial charge in [-0.05, 0) is 99.2 Å². The van der Waals surface area contributed by atoms with Gasteiger partial charge in [0.05, 0.1) is 16.5 Å². The highest BCUT2D eigenvalue weighted by atomic mass is 127. The highest BCUT2D eigenvalue weighted by Gasteiger charge is 2.28. The molecule has 0 unspecified atom stereocenters. The second kappa shape index (κ2) is 9.81. The number of halogens is 2. The van der Waals surface area contributed by atoms with Crippen molar-refractivity contribution in [2.24, 2.45) is 0 Å². The Morgan fingerprint density at radius 3 is 1.80 bits per heavy atom. The number of hydrogen-bond acceptors (Lipinski definition) is 2. The minimum absolute atomic E-state index is 0.226. The number of benzene rings is 4. The molecule has 2 nitrogen and oxygen atoms in total. The SMILES string of the molecule is O=C(Oc1ccc([S+](c2ccccc2)c2ccccc2)cc1)c1cccc(Br)c1I. The molecule has 0 aliphatic heterocycles. The van der Waals surface area contributed by atoms with Gasteiger partial charge < -0.3 is 4.74 Å². The summed E-state index contributed by atoms with van der Waals surface area (Å²) in [6.07, 6.45) is 0. The summed E-state index contributed by atoms with van der Waals surface area (Å²) in [5.74, 6) is 0.169. The first kappa shape index (κ1) is 21.2. The van der Waals surface area contributed by atoms with E-state index in [1.807, 2.05) is 48.5 Å². The van der Waals surface area contributed by atoms with Gasteiger partial charge in [0.25, 0.3) is 0 Å². The monoisotopic (exact) mass is 587 g/mol. The maximum Gasteiger partial charge on any atom is 0.344 e. The Bertz CT molecular complexity index is 1110. The van der Waals surface area contributed by atoms with Crippen LogP contribution in [0.1, 0.15) is 10.4 Å². The van der Waals surface area contributed by atoms with Gasteiger partial charge in [-0.15, -0.1) is 0 Å². The fourth-order valence-corrected chi connectivity index (χ4v) is 6.02. The van der Waals surface area contributed by atoms with Gasteiger partial charge in [-0.3, -0.25) is 0 Å². The molecule has 4 rings (SSSR count). The summed E-state index contributed by atoms with van der Waals surface area (Å²) >= 11 is 5.60. The van der Waals surface area contributed by atoms with Crippen molar-refractivity contribution in [3.05, 3.63) is 117 Å². The Kier molecular flexibility index (Phi) is 6.92. The third-order valence-corrected chi connectivity index (χ3v) is 9.19. The summed E-state index contributed by atoms with van der Waals surface area (Å²) in [7, 11) is -0.226. The van der Waals surface area contributed by atoms with Gasteiger partial charge in [0, 0.05) is 8.04 Å². The minimum Gasteiger partial charge on any atom is -0.423 e. The lowest BCUT2D eigenvalue weighted by molar-refractivity contribution is 0.0733. The molecule has 30 heavy (non-hydrogen) atoms. The van der Waals surface area contributed by atoms with Gasteiger partial charge in [0.1, 0.15) is 5.75 Å². The first-order chi connectivity index (χ1) is 14.6. The van der Waals surface area contributed by atoms with Crippen LogP contribution in [0.15, 0.2) is 122 Å². The molecular formula is C25H17BrIO2S+. The van der Waals surface area contributed by atoms with E-state index < -0.39 is 0 Å². The lowest BCUT2D eigenvalue weighted by Crippen LogP contribution is -2.11. The van der Waals surface area contributed by atoms with Crippen LogP contribution in [0.5, 0.6) is 5.75 Å². The fourth-order valence-electron chi connectivity index (χ4n) is 2.99. The molecule has 0 aliphatic rings. The van der Waals surface area contributed by atoms with E-state index in [0.717, 1.165) is 8.04 Å². The molecule has 0 radical (unpaired) electrons. The summed E-state index contributed by atoms with van der Waals surface area (Å²) in [5, 5.41) is 0. The average Bonchev–Trinajstić information content (AvgIpc) is 2.78. The standard InChI is InChI=1S/C25H17BrIO2S/c26-23-13-7-12-22(24(23)27)25(28)29-18-14-16-21(17-15-18)30(19-8-3-1-4-9-19)20-10-5-2-6-11-20/h1-17H/q+1. The van der Waals surface area contributed by atoms with E-state index in [4.69, 9.17) is 4.74 Å². The van der Waals surface area contributed by atoms with Crippen LogP contribution in [0.25, 0.3) is 0 Å². The molecule has 0 atom stereocenters. The number of esters is 1. The van der Waals surface area contributed by atoms with Crippen LogP contribution in [0.2, 0.25) is 0 Å². The van der Waals surface area contributed by atoms with E-state index in [1.54, 1.807) is 6.07 Å². The van der Waals surface area contributed by atoms with E-state index in [2.05, 4.69) is 87.1 Å². The number of ether oxygens (including phenoxy) is 1. The normalized spacial score (nSPS) is 10.8. The van der Waals surface area contributed by atoms with Crippen molar-refractivity contribution in [3.63, 3.8) is 0 Å². The zero-order valence-electron chi connectivity index (χ0n) is 15.8. The highest BCUT2D eigenvalue weighted by molar-refractivity contribution is 14.1. The van der Waals surface area contributed by atoms with Gasteiger partial charge >= 0.3 is 5.97 Å². The van der Waals surface area contributed by atoms with Crippen molar-refractivity contribution < 1.29 is 9.53 Å². The van der Waals surface area contributed by atoms with Crippen LogP contribution in [0.3, 0.4) is 0 Å². The molecule has 4 aromatic carbocycles. The van der Waals surface area contributed by atoms with Gasteiger partial charge in [0.2, 0.25) is 0 Å². The van der Waals surface area contributed by atoms with Crippen LogP contribution >= 0.6 is 38.5 Å². The predicted octanol–water partition coefficient (Wildman–Crippen LogP) is 7.37. The van der Waals surface area contributed by atoms with E-state index in [9.17, 15) is 4.79 Å². The van der Waals surface area contributed by atoms with Crippen LogP contribution in [0.4, 0.5) is 0 Å². The molecule has 0 saturated heterocycles. The molecule has 0 fully saturated rings. The largest absolute Gasteiger partial charge is 0.423 e. The Balaban J connectivity index is 1.61. The van der Waals surface area contributed by atoms with Crippen molar-refractivity contribution in [2.75, 3.05) is 0 Å². The molecule has 0 spiro atoms. The molecule has 0 N–H and O–H groups in total.